The molecule has 5 nitrogen and oxygen atoms in total. The second kappa shape index (κ2) is 7.50. The van der Waals surface area contributed by atoms with Gasteiger partial charge in [-0.1, -0.05) is 6.92 Å². The topological polar surface area (TPSA) is 66.0 Å². The van der Waals surface area contributed by atoms with Crippen molar-refractivity contribution in [1.29, 1.82) is 0 Å². The molecule has 1 amide bonds. The van der Waals surface area contributed by atoms with Crippen molar-refractivity contribution in [2.75, 3.05) is 30.3 Å². The molecule has 1 aromatic rings. The Hall–Kier alpha value is -1.92. The maximum absolute atomic E-state index is 13.5. The number of halogens is 2. The van der Waals surface area contributed by atoms with Gasteiger partial charge in [0, 0.05) is 19.2 Å². The van der Waals surface area contributed by atoms with Crippen molar-refractivity contribution in [3.8, 4) is 0 Å². The molecule has 0 atom stereocenters. The fourth-order valence-corrected chi connectivity index (χ4v) is 1.38. The lowest BCUT2D eigenvalue weighted by molar-refractivity contribution is -0.119. The van der Waals surface area contributed by atoms with Crippen LogP contribution in [-0.4, -0.2) is 30.5 Å². The molecule has 106 valence electrons. The molecule has 19 heavy (non-hydrogen) atoms. The van der Waals surface area contributed by atoms with Gasteiger partial charge in [-0.3, -0.25) is 4.79 Å². The zero-order chi connectivity index (χ0) is 14.3. The minimum absolute atomic E-state index is 0.0263. The van der Waals surface area contributed by atoms with Crippen LogP contribution in [0.3, 0.4) is 0 Å². The number of pyridine rings is 1. The number of amides is 1. The third-order valence-electron chi connectivity index (χ3n) is 2.26. The van der Waals surface area contributed by atoms with Gasteiger partial charge in [0.05, 0.1) is 6.54 Å². The lowest BCUT2D eigenvalue weighted by Gasteiger charge is -2.10. The molecular weight excluding hydrogens is 254 g/mol. The molecule has 0 spiro atoms. The van der Waals surface area contributed by atoms with Gasteiger partial charge in [-0.25, -0.2) is 13.8 Å². The van der Waals surface area contributed by atoms with Gasteiger partial charge in [0.1, 0.15) is 0 Å². The Balaban J connectivity index is 2.73. The summed E-state index contributed by atoms with van der Waals surface area (Å²) in [6.07, 6.45) is 0.792. The highest BCUT2D eigenvalue weighted by Gasteiger charge is 2.12. The molecule has 0 aliphatic carbocycles. The molecule has 0 saturated carbocycles. The number of anilines is 2. The molecule has 0 unspecified atom stereocenters. The van der Waals surface area contributed by atoms with Crippen molar-refractivity contribution >= 4 is 17.5 Å². The lowest BCUT2D eigenvalue weighted by Crippen LogP contribution is -2.30. The zero-order valence-corrected chi connectivity index (χ0v) is 11.0. The molecular formula is C12H18F2N4O. The minimum atomic E-state index is -0.830. The Morgan fingerprint density at radius 2 is 1.84 bits per heavy atom. The fraction of sp³-hybridized carbons (Fsp3) is 0.500. The molecule has 0 aromatic carbocycles. The van der Waals surface area contributed by atoms with Crippen LogP contribution in [0.5, 0.6) is 0 Å². The lowest BCUT2D eigenvalue weighted by atomic mass is 10.3. The second-order valence-electron chi connectivity index (χ2n) is 3.88. The van der Waals surface area contributed by atoms with E-state index in [1.807, 2.05) is 6.92 Å². The van der Waals surface area contributed by atoms with Crippen LogP contribution >= 0.6 is 0 Å². The molecule has 0 bridgehead atoms. The third-order valence-corrected chi connectivity index (χ3v) is 2.26. The molecule has 0 radical (unpaired) electrons. The molecule has 0 aliphatic heterocycles. The summed E-state index contributed by atoms with van der Waals surface area (Å²) in [6, 6.07) is 0.741. The van der Waals surface area contributed by atoms with E-state index in [0.717, 1.165) is 12.5 Å². The molecule has 1 rings (SSSR count). The molecule has 1 heterocycles. The number of nitrogens with zero attached hydrogens (tertiary/aromatic N) is 1. The molecule has 7 heteroatoms. The first kappa shape index (κ1) is 15.1. The van der Waals surface area contributed by atoms with E-state index in [1.54, 1.807) is 6.92 Å². The first-order valence-corrected chi connectivity index (χ1v) is 6.19. The summed E-state index contributed by atoms with van der Waals surface area (Å²) in [5.41, 5.74) is 0. The van der Waals surface area contributed by atoms with Gasteiger partial charge in [0.2, 0.25) is 5.91 Å². The second-order valence-corrected chi connectivity index (χ2v) is 3.88. The van der Waals surface area contributed by atoms with Crippen molar-refractivity contribution in [3.05, 3.63) is 17.7 Å². The van der Waals surface area contributed by atoms with E-state index in [1.165, 1.54) is 0 Å². The minimum Gasteiger partial charge on any atom is -0.368 e. The van der Waals surface area contributed by atoms with Gasteiger partial charge in [-0.15, -0.1) is 0 Å². The number of hydrogen-bond donors (Lipinski definition) is 3. The van der Waals surface area contributed by atoms with Crippen LogP contribution in [-0.2, 0) is 4.79 Å². The van der Waals surface area contributed by atoms with Crippen LogP contribution in [0.2, 0.25) is 0 Å². The van der Waals surface area contributed by atoms with Crippen LogP contribution in [0.4, 0.5) is 20.4 Å². The predicted molar refractivity (Wildman–Crippen MR) is 70.1 cm³/mol. The summed E-state index contributed by atoms with van der Waals surface area (Å²) in [5, 5.41) is 7.84. The Bertz CT molecular complexity index is 440. The Kier molecular flexibility index (Phi) is 5.98. The SMILES string of the molecule is CCCNc1nc(NCC(=O)NCC)c(F)cc1F. The molecule has 0 fully saturated rings. The van der Waals surface area contributed by atoms with Gasteiger partial charge < -0.3 is 16.0 Å². The summed E-state index contributed by atoms with van der Waals surface area (Å²) in [6.45, 7) is 4.61. The number of rotatable bonds is 7. The maximum Gasteiger partial charge on any atom is 0.239 e. The van der Waals surface area contributed by atoms with Crippen molar-refractivity contribution in [2.24, 2.45) is 0 Å². The normalized spacial score (nSPS) is 10.1. The molecule has 0 aliphatic rings. The first-order valence-electron chi connectivity index (χ1n) is 6.19. The largest absolute Gasteiger partial charge is 0.368 e. The third kappa shape index (κ3) is 4.69. The van der Waals surface area contributed by atoms with Crippen molar-refractivity contribution in [1.82, 2.24) is 10.3 Å². The summed E-state index contributed by atoms with van der Waals surface area (Å²) < 4.78 is 26.9. The fourth-order valence-electron chi connectivity index (χ4n) is 1.38. The van der Waals surface area contributed by atoms with Gasteiger partial charge >= 0.3 is 0 Å². The number of hydrogen-bond acceptors (Lipinski definition) is 4. The Labute approximate surface area is 110 Å². The van der Waals surface area contributed by atoms with E-state index in [0.29, 0.717) is 13.1 Å². The highest BCUT2D eigenvalue weighted by atomic mass is 19.1. The standard InChI is InChI=1S/C12H18F2N4O/c1-3-5-16-11-8(13)6-9(14)12(18-11)17-7-10(19)15-4-2/h6H,3-5,7H2,1-2H3,(H,15,19)(H2,16,17,18). The number of carbonyl (C=O) groups excluding carboxylic acids is 1. The van der Waals surface area contributed by atoms with Crippen LogP contribution in [0.25, 0.3) is 0 Å². The Morgan fingerprint density at radius 1 is 1.21 bits per heavy atom. The molecule has 1 aromatic heterocycles. The number of likely N-dealkylation sites (N-methyl/N-ethyl adjacent to an activating group) is 1. The van der Waals surface area contributed by atoms with E-state index < -0.39 is 11.6 Å². The average molecular weight is 272 g/mol. The quantitative estimate of drug-likeness (QED) is 0.707. The summed E-state index contributed by atoms with van der Waals surface area (Å²) in [4.78, 5) is 15.0. The van der Waals surface area contributed by atoms with Gasteiger partial charge in [-0.2, -0.15) is 0 Å². The van der Waals surface area contributed by atoms with E-state index in [-0.39, 0.29) is 24.1 Å². The smallest absolute Gasteiger partial charge is 0.239 e. The highest BCUT2D eigenvalue weighted by Crippen LogP contribution is 2.18. The van der Waals surface area contributed by atoms with Gasteiger partial charge in [0.25, 0.3) is 0 Å². The van der Waals surface area contributed by atoms with Crippen molar-refractivity contribution in [2.45, 2.75) is 20.3 Å². The zero-order valence-electron chi connectivity index (χ0n) is 11.0. The monoisotopic (exact) mass is 272 g/mol. The van der Waals surface area contributed by atoms with Crippen molar-refractivity contribution < 1.29 is 13.6 Å². The number of nitrogens with one attached hydrogen (secondary N) is 3. The molecule has 3 N–H and O–H groups in total. The average Bonchev–Trinajstić information content (AvgIpc) is 2.37. The van der Waals surface area contributed by atoms with Crippen LogP contribution in [0.15, 0.2) is 6.07 Å². The first-order chi connectivity index (χ1) is 9.08. The van der Waals surface area contributed by atoms with Crippen LogP contribution < -0.4 is 16.0 Å². The summed E-state index contributed by atoms with van der Waals surface area (Å²) in [5.74, 6) is -2.04. The maximum atomic E-state index is 13.5. The Morgan fingerprint density at radius 3 is 2.42 bits per heavy atom. The predicted octanol–water partition coefficient (Wildman–Crippen LogP) is 1.73. The van der Waals surface area contributed by atoms with Crippen LogP contribution in [0, 0.1) is 11.6 Å². The summed E-state index contributed by atoms with van der Waals surface area (Å²) in [7, 11) is 0. The van der Waals surface area contributed by atoms with E-state index >= 15 is 0 Å². The van der Waals surface area contributed by atoms with Gasteiger partial charge in [0.15, 0.2) is 23.3 Å². The number of aromatic nitrogens is 1. The van der Waals surface area contributed by atoms with E-state index in [2.05, 4.69) is 20.9 Å². The number of carbonyl (C=O) groups is 1. The summed E-state index contributed by atoms with van der Waals surface area (Å²) >= 11 is 0. The molecule has 0 saturated heterocycles. The van der Waals surface area contributed by atoms with E-state index in [4.69, 9.17) is 0 Å². The van der Waals surface area contributed by atoms with Crippen molar-refractivity contribution in [3.63, 3.8) is 0 Å². The highest BCUT2D eigenvalue weighted by molar-refractivity contribution is 5.80. The van der Waals surface area contributed by atoms with Gasteiger partial charge in [-0.05, 0) is 13.3 Å². The van der Waals surface area contributed by atoms with Crippen LogP contribution in [0.1, 0.15) is 20.3 Å². The van der Waals surface area contributed by atoms with E-state index in [9.17, 15) is 13.6 Å².